The van der Waals surface area contributed by atoms with Crippen molar-refractivity contribution in [2.75, 3.05) is 11.9 Å². The molecular weight excluding hydrogens is 675 g/mol. The number of nitrogens with one attached hydrogen (secondary N) is 3. The molecule has 1 aromatic heterocycles. The zero-order valence-electron chi connectivity index (χ0n) is 31.5. The van der Waals surface area contributed by atoms with Crippen molar-refractivity contribution in [3.8, 4) is 22.6 Å². The second-order valence-electron chi connectivity index (χ2n) is 14.2. The highest BCUT2D eigenvalue weighted by atomic mass is 16.5. The van der Waals surface area contributed by atoms with Crippen molar-refractivity contribution in [2.24, 2.45) is 0 Å². The summed E-state index contributed by atoms with van der Waals surface area (Å²) in [7, 11) is 0. The number of aromatic amines is 1. The summed E-state index contributed by atoms with van der Waals surface area (Å²) >= 11 is 0. The van der Waals surface area contributed by atoms with E-state index in [2.05, 4.69) is 22.5 Å². The molecule has 1 aliphatic rings. The Balaban J connectivity index is 1.27. The molecule has 280 valence electrons. The number of amides is 1. The maximum absolute atomic E-state index is 14.4. The molecule has 1 heterocycles. The van der Waals surface area contributed by atoms with Crippen LogP contribution in [0.25, 0.3) is 22.0 Å². The summed E-state index contributed by atoms with van der Waals surface area (Å²) in [6.07, 6.45) is 14.1. The summed E-state index contributed by atoms with van der Waals surface area (Å²) < 4.78 is 6.38. The third-order valence-electron chi connectivity index (χ3n) is 10.2. The molecule has 0 unspecified atom stereocenters. The number of Topliss-reactive ketones (excluding diaryl/α,β-unsaturated/α-hetero) is 1. The summed E-state index contributed by atoms with van der Waals surface area (Å²) in [5.41, 5.74) is 3.24. The van der Waals surface area contributed by atoms with Crippen LogP contribution in [-0.2, 0) is 0 Å². The van der Waals surface area contributed by atoms with Crippen molar-refractivity contribution in [1.82, 2.24) is 10.3 Å². The van der Waals surface area contributed by atoms with Gasteiger partial charge in [-0.05, 0) is 54.8 Å². The zero-order valence-corrected chi connectivity index (χ0v) is 31.5. The maximum atomic E-state index is 14.4. The number of benzene rings is 4. The van der Waals surface area contributed by atoms with E-state index in [1.54, 1.807) is 60.7 Å². The fourth-order valence-electron chi connectivity index (χ4n) is 7.29. The lowest BCUT2D eigenvalue weighted by Crippen LogP contribution is -2.24. The van der Waals surface area contributed by atoms with Crippen molar-refractivity contribution in [1.29, 1.82) is 0 Å². The third-order valence-corrected chi connectivity index (χ3v) is 10.2. The van der Waals surface area contributed by atoms with Crippen molar-refractivity contribution in [2.45, 2.75) is 97.3 Å². The predicted octanol–water partition coefficient (Wildman–Crippen LogP) is 11.3. The number of para-hydroxylation sites is 1. The minimum absolute atomic E-state index is 0.0492. The van der Waals surface area contributed by atoms with Crippen LogP contribution in [0.2, 0.25) is 0 Å². The number of hydrogen-bond acceptors (Lipinski definition) is 6. The van der Waals surface area contributed by atoms with E-state index in [0.717, 1.165) is 19.3 Å². The summed E-state index contributed by atoms with van der Waals surface area (Å²) in [5, 5.41) is 6.91. The van der Waals surface area contributed by atoms with Gasteiger partial charge in [-0.2, -0.15) is 0 Å². The van der Waals surface area contributed by atoms with Crippen LogP contribution in [0.4, 0.5) is 11.4 Å². The molecular formula is C46H51N3O5. The van der Waals surface area contributed by atoms with E-state index >= 15 is 0 Å². The van der Waals surface area contributed by atoms with Crippen molar-refractivity contribution >= 4 is 39.8 Å². The Bertz CT molecular complexity index is 2150. The molecule has 8 nitrogen and oxygen atoms in total. The molecule has 3 N–H and O–H groups in total. The molecule has 5 aromatic rings. The highest BCUT2D eigenvalue weighted by Crippen LogP contribution is 2.47. The van der Waals surface area contributed by atoms with Crippen LogP contribution in [0, 0.1) is 0 Å². The monoisotopic (exact) mass is 725 g/mol. The second kappa shape index (κ2) is 18.5. The molecule has 1 amide bonds. The Kier molecular flexibility index (Phi) is 13.1. The minimum Gasteiger partial charge on any atom is -0.455 e. The lowest BCUT2D eigenvalue weighted by molar-refractivity contribution is 0.0950. The highest BCUT2D eigenvalue weighted by Gasteiger charge is 2.34. The van der Waals surface area contributed by atoms with Crippen LogP contribution in [0.3, 0.4) is 0 Å². The van der Waals surface area contributed by atoms with Crippen molar-refractivity contribution in [3.63, 3.8) is 0 Å². The van der Waals surface area contributed by atoms with E-state index in [9.17, 15) is 19.2 Å². The highest BCUT2D eigenvalue weighted by molar-refractivity contribution is 6.30. The fraction of sp³-hybridized carbons (Fsp3) is 0.348. The maximum Gasteiger partial charge on any atom is 0.260 e. The van der Waals surface area contributed by atoms with Crippen LogP contribution in [0.15, 0.2) is 89.7 Å². The van der Waals surface area contributed by atoms with Gasteiger partial charge in [0, 0.05) is 46.8 Å². The number of carbonyl (C=O) groups is 3. The normalized spacial score (nSPS) is 11.7. The Morgan fingerprint density at radius 2 is 1.31 bits per heavy atom. The lowest BCUT2D eigenvalue weighted by Gasteiger charge is -2.25. The summed E-state index contributed by atoms with van der Waals surface area (Å²) in [6.45, 7) is 4.88. The van der Waals surface area contributed by atoms with Gasteiger partial charge in [0.15, 0.2) is 17.3 Å². The SMILES string of the molecule is CCCCCCCCCCCCNC(=O)c1ccc(Nc2cc(Oc3ccccc3)c3[nH]c(=O)c(C(=O)CCCC)c4c3c2C(=O)c2ccccc2-4)cc1. The summed E-state index contributed by atoms with van der Waals surface area (Å²) in [4.78, 5) is 57.8. The van der Waals surface area contributed by atoms with Crippen LogP contribution in [0.1, 0.15) is 134 Å². The van der Waals surface area contributed by atoms with Crippen LogP contribution in [-0.4, -0.2) is 29.0 Å². The number of aromatic nitrogens is 1. The Morgan fingerprint density at radius 3 is 2.00 bits per heavy atom. The number of rotatable bonds is 20. The topological polar surface area (TPSA) is 117 Å². The molecule has 4 aromatic carbocycles. The first-order chi connectivity index (χ1) is 26.4. The first kappa shape index (κ1) is 38.2. The largest absolute Gasteiger partial charge is 0.455 e. The number of fused-ring (bicyclic) bond motifs is 2. The number of ketones is 2. The smallest absolute Gasteiger partial charge is 0.260 e. The zero-order chi connectivity index (χ0) is 37.9. The van der Waals surface area contributed by atoms with Gasteiger partial charge in [-0.25, -0.2) is 0 Å². The fourth-order valence-corrected chi connectivity index (χ4v) is 7.29. The van der Waals surface area contributed by atoms with E-state index in [1.807, 2.05) is 31.2 Å². The first-order valence-corrected chi connectivity index (χ1v) is 19.7. The lowest BCUT2D eigenvalue weighted by atomic mass is 9.80. The third kappa shape index (κ3) is 8.82. The number of hydrogen-bond donors (Lipinski definition) is 3. The number of pyridine rings is 1. The van der Waals surface area contributed by atoms with Gasteiger partial charge in [-0.15, -0.1) is 0 Å². The van der Waals surface area contributed by atoms with E-state index in [1.165, 1.54) is 51.4 Å². The summed E-state index contributed by atoms with van der Waals surface area (Å²) in [5.74, 6) is 0.232. The molecule has 0 bridgehead atoms. The average molecular weight is 726 g/mol. The summed E-state index contributed by atoms with van der Waals surface area (Å²) in [6, 6.07) is 25.1. The minimum atomic E-state index is -0.519. The quantitative estimate of drug-likeness (QED) is 0.0533. The van der Waals surface area contributed by atoms with Gasteiger partial charge in [0.25, 0.3) is 11.5 Å². The van der Waals surface area contributed by atoms with E-state index < -0.39 is 5.56 Å². The van der Waals surface area contributed by atoms with Gasteiger partial charge in [0.1, 0.15) is 5.75 Å². The molecule has 0 spiro atoms. The Labute approximate surface area is 317 Å². The predicted molar refractivity (Wildman–Crippen MR) is 218 cm³/mol. The molecule has 0 saturated heterocycles. The number of H-pyrrole nitrogens is 1. The van der Waals surface area contributed by atoms with Crippen LogP contribution in [0.5, 0.6) is 11.5 Å². The van der Waals surface area contributed by atoms with Gasteiger partial charge in [0.2, 0.25) is 0 Å². The molecule has 0 saturated carbocycles. The van der Waals surface area contributed by atoms with Crippen molar-refractivity contribution in [3.05, 3.63) is 118 Å². The Hall–Kier alpha value is -5.50. The van der Waals surface area contributed by atoms with Crippen molar-refractivity contribution < 1.29 is 19.1 Å². The van der Waals surface area contributed by atoms with Gasteiger partial charge >= 0.3 is 0 Å². The molecule has 0 aliphatic heterocycles. The van der Waals surface area contributed by atoms with Crippen LogP contribution < -0.4 is 20.9 Å². The first-order valence-electron chi connectivity index (χ1n) is 19.7. The number of ether oxygens (including phenoxy) is 1. The van der Waals surface area contributed by atoms with Gasteiger partial charge in [-0.1, -0.05) is 121 Å². The number of anilines is 2. The van der Waals surface area contributed by atoms with Gasteiger partial charge in [0.05, 0.1) is 22.3 Å². The molecule has 1 aliphatic carbocycles. The van der Waals surface area contributed by atoms with E-state index in [0.29, 0.717) is 74.6 Å². The van der Waals surface area contributed by atoms with E-state index in [-0.39, 0.29) is 29.5 Å². The molecule has 8 heteroatoms. The number of carbonyl (C=O) groups excluding carboxylic acids is 3. The van der Waals surface area contributed by atoms with Gasteiger partial charge < -0.3 is 20.4 Å². The standard InChI is InChI=1S/C46H51N3O5/c1-3-5-7-8-9-10-11-12-13-19-29-47-45(52)31-25-27-32(28-26-31)48-36-30-38(54-33-20-15-14-16-21-33)43-42-39(41(46(53)49-43)37(50)24-6-4-2)34-22-17-18-23-35(34)44(51)40(36)42/h14-18,20-23,25-28,30,48H,3-13,19,24,29H2,1-2H3,(H,47,52)(H,49,53). The molecule has 54 heavy (non-hydrogen) atoms. The van der Waals surface area contributed by atoms with Gasteiger partial charge in [-0.3, -0.25) is 19.2 Å². The van der Waals surface area contributed by atoms with E-state index in [4.69, 9.17) is 4.74 Å². The molecule has 6 rings (SSSR count). The molecule has 0 radical (unpaired) electrons. The number of unbranched alkanes of at least 4 members (excludes halogenated alkanes) is 10. The molecule has 0 atom stereocenters. The second-order valence-corrected chi connectivity index (χ2v) is 14.2. The molecule has 0 fully saturated rings. The average Bonchev–Trinajstić information content (AvgIpc) is 3.19. The van der Waals surface area contributed by atoms with Crippen LogP contribution >= 0.6 is 0 Å². The Morgan fingerprint density at radius 1 is 0.685 bits per heavy atom.